The monoisotopic (exact) mass is 265 g/mol. The predicted octanol–water partition coefficient (Wildman–Crippen LogP) is 1.23. The number of aryl methyl sites for hydroxylation is 2. The minimum atomic E-state index is -1.55. The molecule has 0 unspecified atom stereocenters. The number of urea groups is 1. The summed E-state index contributed by atoms with van der Waals surface area (Å²) in [5.74, 6) is -0.692. The van der Waals surface area contributed by atoms with Crippen molar-refractivity contribution in [2.75, 3.05) is 5.32 Å². The van der Waals surface area contributed by atoms with Gasteiger partial charge in [0, 0.05) is 5.69 Å². The third-order valence-corrected chi connectivity index (χ3v) is 2.61. The summed E-state index contributed by atoms with van der Waals surface area (Å²) in [5.41, 5.74) is 5.54. The van der Waals surface area contributed by atoms with Gasteiger partial charge in [-0.05, 0) is 51.0 Å². The average Bonchev–Trinajstić information content (AvgIpc) is 2.29. The Balaban J connectivity index is 2.52. The molecule has 0 bridgehead atoms. The van der Waals surface area contributed by atoms with E-state index in [0.717, 1.165) is 11.1 Å². The first kappa shape index (κ1) is 15.0. The van der Waals surface area contributed by atoms with E-state index in [1.54, 1.807) is 6.07 Å². The molecule has 19 heavy (non-hydrogen) atoms. The second-order valence-electron chi connectivity index (χ2n) is 4.89. The highest BCUT2D eigenvalue weighted by Gasteiger charge is 2.23. The molecule has 0 radical (unpaired) electrons. The van der Waals surface area contributed by atoms with Gasteiger partial charge in [-0.3, -0.25) is 10.2 Å². The molecule has 104 valence electrons. The number of anilines is 1. The normalized spacial score (nSPS) is 10.8. The van der Waals surface area contributed by atoms with E-state index in [1.807, 2.05) is 26.0 Å². The SMILES string of the molecule is Cc1ccc(NC(=O)NNC(=O)C(C)(C)O)cc1C. The molecule has 0 aliphatic carbocycles. The highest BCUT2D eigenvalue weighted by Crippen LogP contribution is 2.13. The van der Waals surface area contributed by atoms with Gasteiger partial charge in [-0.2, -0.15) is 0 Å². The van der Waals surface area contributed by atoms with Crippen molar-refractivity contribution in [1.82, 2.24) is 10.9 Å². The molecule has 0 atom stereocenters. The number of aliphatic hydroxyl groups is 1. The van der Waals surface area contributed by atoms with Crippen LogP contribution in [0.2, 0.25) is 0 Å². The molecule has 1 aromatic carbocycles. The predicted molar refractivity (Wildman–Crippen MR) is 72.5 cm³/mol. The van der Waals surface area contributed by atoms with Crippen LogP contribution in [0.3, 0.4) is 0 Å². The number of hydrogen-bond acceptors (Lipinski definition) is 3. The van der Waals surface area contributed by atoms with Crippen molar-refractivity contribution in [2.45, 2.75) is 33.3 Å². The summed E-state index contributed by atoms with van der Waals surface area (Å²) in [6.45, 7) is 6.56. The molecule has 6 nitrogen and oxygen atoms in total. The van der Waals surface area contributed by atoms with Crippen LogP contribution in [-0.4, -0.2) is 22.6 Å². The Bertz CT molecular complexity index is 492. The maximum absolute atomic E-state index is 11.5. The Labute approximate surface area is 112 Å². The first-order valence-corrected chi connectivity index (χ1v) is 5.87. The van der Waals surface area contributed by atoms with Crippen molar-refractivity contribution < 1.29 is 14.7 Å². The number of carbonyl (C=O) groups is 2. The van der Waals surface area contributed by atoms with Gasteiger partial charge in [-0.15, -0.1) is 0 Å². The summed E-state index contributed by atoms with van der Waals surface area (Å²) in [6.07, 6.45) is 0. The summed E-state index contributed by atoms with van der Waals surface area (Å²) < 4.78 is 0. The molecule has 0 fully saturated rings. The third-order valence-electron chi connectivity index (χ3n) is 2.61. The Hall–Kier alpha value is -2.08. The first-order chi connectivity index (χ1) is 8.70. The van der Waals surface area contributed by atoms with E-state index >= 15 is 0 Å². The summed E-state index contributed by atoms with van der Waals surface area (Å²) in [5, 5.41) is 11.9. The van der Waals surface area contributed by atoms with E-state index in [-0.39, 0.29) is 0 Å². The Morgan fingerprint density at radius 1 is 1.11 bits per heavy atom. The van der Waals surface area contributed by atoms with E-state index in [9.17, 15) is 14.7 Å². The van der Waals surface area contributed by atoms with Crippen molar-refractivity contribution in [2.24, 2.45) is 0 Å². The van der Waals surface area contributed by atoms with Crippen LogP contribution in [0.1, 0.15) is 25.0 Å². The van der Waals surface area contributed by atoms with Crippen LogP contribution in [0.25, 0.3) is 0 Å². The van der Waals surface area contributed by atoms with Gasteiger partial charge in [0.25, 0.3) is 5.91 Å². The maximum atomic E-state index is 11.5. The topological polar surface area (TPSA) is 90.5 Å². The zero-order valence-electron chi connectivity index (χ0n) is 11.5. The molecule has 3 amide bonds. The molecule has 0 heterocycles. The second-order valence-corrected chi connectivity index (χ2v) is 4.89. The molecule has 6 heteroatoms. The molecule has 0 aliphatic rings. The molecule has 0 aliphatic heterocycles. The number of nitrogens with one attached hydrogen (secondary N) is 3. The van der Waals surface area contributed by atoms with Gasteiger partial charge in [-0.1, -0.05) is 6.07 Å². The van der Waals surface area contributed by atoms with Crippen LogP contribution in [0.15, 0.2) is 18.2 Å². The van der Waals surface area contributed by atoms with Gasteiger partial charge < -0.3 is 10.4 Å². The molecule has 4 N–H and O–H groups in total. The molecule has 0 spiro atoms. The lowest BCUT2D eigenvalue weighted by molar-refractivity contribution is -0.137. The van der Waals surface area contributed by atoms with Crippen molar-refractivity contribution in [3.63, 3.8) is 0 Å². The maximum Gasteiger partial charge on any atom is 0.337 e. The standard InChI is InChI=1S/C13H19N3O3/c1-8-5-6-10(7-9(8)2)14-12(18)16-15-11(17)13(3,4)19/h5-7,19H,1-4H3,(H,15,17)(H2,14,16,18). The third kappa shape index (κ3) is 4.59. The van der Waals surface area contributed by atoms with E-state index in [0.29, 0.717) is 5.69 Å². The number of hydrazine groups is 1. The highest BCUT2D eigenvalue weighted by molar-refractivity contribution is 5.92. The lowest BCUT2D eigenvalue weighted by atomic mass is 10.1. The highest BCUT2D eigenvalue weighted by atomic mass is 16.3. The quantitative estimate of drug-likeness (QED) is 0.606. The number of benzene rings is 1. The van der Waals surface area contributed by atoms with Gasteiger partial charge in [0.15, 0.2) is 0 Å². The molecular formula is C13H19N3O3. The van der Waals surface area contributed by atoms with Gasteiger partial charge in [0.2, 0.25) is 0 Å². The Morgan fingerprint density at radius 3 is 2.26 bits per heavy atom. The van der Waals surface area contributed by atoms with Crippen molar-refractivity contribution in [3.05, 3.63) is 29.3 Å². The van der Waals surface area contributed by atoms with Gasteiger partial charge in [-0.25, -0.2) is 10.2 Å². The first-order valence-electron chi connectivity index (χ1n) is 5.87. The van der Waals surface area contributed by atoms with Crippen LogP contribution < -0.4 is 16.2 Å². The van der Waals surface area contributed by atoms with Crippen LogP contribution in [0.5, 0.6) is 0 Å². The largest absolute Gasteiger partial charge is 0.381 e. The van der Waals surface area contributed by atoms with E-state index in [2.05, 4.69) is 16.2 Å². The average molecular weight is 265 g/mol. The minimum absolute atomic E-state index is 0.583. The number of hydrogen-bond donors (Lipinski definition) is 4. The Morgan fingerprint density at radius 2 is 1.74 bits per heavy atom. The van der Waals surface area contributed by atoms with Crippen LogP contribution >= 0.6 is 0 Å². The molecule has 1 rings (SSSR count). The van der Waals surface area contributed by atoms with Crippen LogP contribution in [0.4, 0.5) is 10.5 Å². The lowest BCUT2D eigenvalue weighted by Crippen LogP contribution is -2.51. The summed E-state index contributed by atoms with van der Waals surface area (Å²) in [4.78, 5) is 22.8. The summed E-state index contributed by atoms with van der Waals surface area (Å²) in [7, 11) is 0. The number of rotatable bonds is 2. The van der Waals surface area contributed by atoms with Crippen molar-refractivity contribution in [1.29, 1.82) is 0 Å². The Kier molecular flexibility index (Phi) is 4.50. The van der Waals surface area contributed by atoms with Gasteiger partial charge in [0.05, 0.1) is 0 Å². The number of amides is 3. The van der Waals surface area contributed by atoms with Crippen molar-refractivity contribution in [3.8, 4) is 0 Å². The summed E-state index contributed by atoms with van der Waals surface area (Å²) in [6, 6.07) is 4.90. The lowest BCUT2D eigenvalue weighted by Gasteiger charge is -2.17. The zero-order chi connectivity index (χ0) is 14.6. The van der Waals surface area contributed by atoms with Crippen LogP contribution in [0, 0.1) is 13.8 Å². The fourth-order valence-electron chi connectivity index (χ4n) is 1.25. The fourth-order valence-corrected chi connectivity index (χ4v) is 1.25. The number of carbonyl (C=O) groups excluding carboxylic acids is 2. The van der Waals surface area contributed by atoms with E-state index in [1.165, 1.54) is 13.8 Å². The van der Waals surface area contributed by atoms with Crippen LogP contribution in [-0.2, 0) is 4.79 Å². The zero-order valence-corrected chi connectivity index (χ0v) is 11.5. The second kappa shape index (κ2) is 5.71. The van der Waals surface area contributed by atoms with E-state index < -0.39 is 17.5 Å². The fraction of sp³-hybridized carbons (Fsp3) is 0.385. The van der Waals surface area contributed by atoms with Gasteiger partial charge >= 0.3 is 6.03 Å². The van der Waals surface area contributed by atoms with E-state index in [4.69, 9.17) is 0 Å². The van der Waals surface area contributed by atoms with Crippen molar-refractivity contribution >= 4 is 17.6 Å². The molecule has 1 aromatic rings. The minimum Gasteiger partial charge on any atom is -0.381 e. The molecule has 0 saturated heterocycles. The smallest absolute Gasteiger partial charge is 0.337 e. The summed E-state index contributed by atoms with van der Waals surface area (Å²) >= 11 is 0. The molecule has 0 aromatic heterocycles. The van der Waals surface area contributed by atoms with Gasteiger partial charge in [0.1, 0.15) is 5.60 Å². The molecular weight excluding hydrogens is 246 g/mol. The molecule has 0 saturated carbocycles.